The van der Waals surface area contributed by atoms with Crippen LogP contribution >= 0.6 is 11.8 Å². The standard InChI is InChI=1S/C16H17NO3S2/c1-22(19,20)15-9-7-14(8-10-15)21-12-16(18)17-11-13-5-3-2-4-6-13/h2-10H,11-12H2,1H3,(H,17,18). The number of hydrogen-bond donors (Lipinski definition) is 1. The van der Waals surface area contributed by atoms with Gasteiger partial charge in [-0.05, 0) is 29.8 Å². The van der Waals surface area contributed by atoms with Gasteiger partial charge in [-0.1, -0.05) is 30.3 Å². The lowest BCUT2D eigenvalue weighted by Crippen LogP contribution is -2.24. The van der Waals surface area contributed by atoms with E-state index in [4.69, 9.17) is 0 Å². The zero-order chi connectivity index (χ0) is 16.0. The van der Waals surface area contributed by atoms with E-state index < -0.39 is 9.84 Å². The number of carbonyl (C=O) groups excluding carboxylic acids is 1. The molecule has 0 aliphatic carbocycles. The van der Waals surface area contributed by atoms with Crippen molar-refractivity contribution in [3.8, 4) is 0 Å². The van der Waals surface area contributed by atoms with Gasteiger partial charge in [0.2, 0.25) is 5.91 Å². The quantitative estimate of drug-likeness (QED) is 0.824. The predicted molar refractivity (Wildman–Crippen MR) is 88.6 cm³/mol. The molecule has 0 aliphatic rings. The molecule has 1 amide bonds. The number of thioether (sulfide) groups is 1. The van der Waals surface area contributed by atoms with Crippen LogP contribution in [0.15, 0.2) is 64.4 Å². The lowest BCUT2D eigenvalue weighted by molar-refractivity contribution is -0.118. The first kappa shape index (κ1) is 16.6. The van der Waals surface area contributed by atoms with E-state index in [1.54, 1.807) is 24.3 Å². The summed E-state index contributed by atoms with van der Waals surface area (Å²) in [6.45, 7) is 0.507. The average molecular weight is 335 g/mol. The molecule has 0 unspecified atom stereocenters. The third-order valence-electron chi connectivity index (χ3n) is 2.95. The lowest BCUT2D eigenvalue weighted by Gasteiger charge is -2.06. The van der Waals surface area contributed by atoms with Crippen LogP contribution in [0.1, 0.15) is 5.56 Å². The number of rotatable bonds is 6. The fraction of sp³-hybridized carbons (Fsp3) is 0.188. The van der Waals surface area contributed by atoms with Crippen LogP contribution in [-0.4, -0.2) is 26.3 Å². The van der Waals surface area contributed by atoms with Crippen LogP contribution in [0.2, 0.25) is 0 Å². The number of carbonyl (C=O) groups is 1. The molecule has 0 bridgehead atoms. The van der Waals surface area contributed by atoms with Crippen LogP contribution in [-0.2, 0) is 21.2 Å². The Labute approximate surface area is 134 Å². The average Bonchev–Trinajstić information content (AvgIpc) is 2.51. The van der Waals surface area contributed by atoms with Crippen molar-refractivity contribution in [2.24, 2.45) is 0 Å². The summed E-state index contributed by atoms with van der Waals surface area (Å²) in [6.07, 6.45) is 1.17. The monoisotopic (exact) mass is 335 g/mol. The molecule has 0 radical (unpaired) electrons. The van der Waals surface area contributed by atoms with E-state index in [9.17, 15) is 13.2 Å². The minimum Gasteiger partial charge on any atom is -0.351 e. The van der Waals surface area contributed by atoms with Crippen molar-refractivity contribution in [2.45, 2.75) is 16.3 Å². The predicted octanol–water partition coefficient (Wildman–Crippen LogP) is 2.50. The van der Waals surface area contributed by atoms with Crippen LogP contribution in [0.4, 0.5) is 0 Å². The highest BCUT2D eigenvalue weighted by molar-refractivity contribution is 8.00. The minimum absolute atomic E-state index is 0.0546. The molecule has 0 fully saturated rings. The first-order chi connectivity index (χ1) is 10.4. The third-order valence-corrected chi connectivity index (χ3v) is 5.09. The van der Waals surface area contributed by atoms with Crippen molar-refractivity contribution in [3.05, 3.63) is 60.2 Å². The molecular weight excluding hydrogens is 318 g/mol. The number of sulfone groups is 1. The second kappa shape index (κ2) is 7.47. The number of benzene rings is 2. The minimum atomic E-state index is -3.18. The fourth-order valence-electron chi connectivity index (χ4n) is 1.78. The van der Waals surface area contributed by atoms with Crippen molar-refractivity contribution in [1.82, 2.24) is 5.32 Å². The van der Waals surface area contributed by atoms with Crippen molar-refractivity contribution < 1.29 is 13.2 Å². The molecule has 2 rings (SSSR count). The van der Waals surface area contributed by atoms with E-state index in [1.165, 1.54) is 18.0 Å². The second-order valence-electron chi connectivity index (χ2n) is 4.79. The Kier molecular flexibility index (Phi) is 5.63. The number of hydrogen-bond acceptors (Lipinski definition) is 4. The molecular formula is C16H17NO3S2. The van der Waals surface area contributed by atoms with Crippen LogP contribution in [0.5, 0.6) is 0 Å². The maximum atomic E-state index is 11.8. The molecule has 116 valence electrons. The molecule has 1 N–H and O–H groups in total. The summed E-state index contributed by atoms with van der Waals surface area (Å²) in [7, 11) is -3.18. The molecule has 0 aliphatic heterocycles. The van der Waals surface area contributed by atoms with E-state index in [0.29, 0.717) is 12.3 Å². The zero-order valence-electron chi connectivity index (χ0n) is 12.2. The normalized spacial score (nSPS) is 11.1. The van der Waals surface area contributed by atoms with Gasteiger partial charge in [-0.15, -0.1) is 11.8 Å². The highest BCUT2D eigenvalue weighted by Gasteiger charge is 2.07. The summed E-state index contributed by atoms with van der Waals surface area (Å²) in [4.78, 5) is 12.9. The number of amides is 1. The summed E-state index contributed by atoms with van der Waals surface area (Å²) in [5, 5.41) is 2.85. The first-order valence-corrected chi connectivity index (χ1v) is 9.56. The fourth-order valence-corrected chi connectivity index (χ4v) is 3.14. The molecule has 4 nitrogen and oxygen atoms in total. The van der Waals surface area contributed by atoms with Crippen molar-refractivity contribution in [3.63, 3.8) is 0 Å². The summed E-state index contributed by atoms with van der Waals surface area (Å²) < 4.78 is 22.7. The van der Waals surface area contributed by atoms with Gasteiger partial charge in [0.25, 0.3) is 0 Å². The smallest absolute Gasteiger partial charge is 0.230 e. The molecule has 6 heteroatoms. The molecule has 0 atom stereocenters. The molecule has 0 saturated carbocycles. The SMILES string of the molecule is CS(=O)(=O)c1ccc(SCC(=O)NCc2ccccc2)cc1. The lowest BCUT2D eigenvalue weighted by atomic mass is 10.2. The maximum absolute atomic E-state index is 11.8. The van der Waals surface area contributed by atoms with Gasteiger partial charge in [-0.2, -0.15) is 0 Å². The molecule has 0 spiro atoms. The van der Waals surface area contributed by atoms with Crippen molar-refractivity contribution in [2.75, 3.05) is 12.0 Å². The summed E-state index contributed by atoms with van der Waals surface area (Å²) in [5.74, 6) is 0.242. The van der Waals surface area contributed by atoms with E-state index in [0.717, 1.165) is 10.5 Å². The van der Waals surface area contributed by atoms with Gasteiger partial charge < -0.3 is 5.32 Å². The Morgan fingerprint density at radius 3 is 2.27 bits per heavy atom. The largest absolute Gasteiger partial charge is 0.351 e. The van der Waals surface area contributed by atoms with Crippen LogP contribution < -0.4 is 5.32 Å². The van der Waals surface area contributed by atoms with Gasteiger partial charge in [-0.25, -0.2) is 8.42 Å². The van der Waals surface area contributed by atoms with Gasteiger partial charge in [0.05, 0.1) is 10.6 Å². The highest BCUT2D eigenvalue weighted by Crippen LogP contribution is 2.20. The molecule has 22 heavy (non-hydrogen) atoms. The van der Waals surface area contributed by atoms with E-state index in [1.807, 2.05) is 30.3 Å². The molecule has 2 aromatic rings. The Hall–Kier alpha value is -1.79. The Balaban J connectivity index is 1.81. The summed E-state index contributed by atoms with van der Waals surface area (Å²) in [5.41, 5.74) is 1.05. The van der Waals surface area contributed by atoms with Crippen LogP contribution in [0.25, 0.3) is 0 Å². The third kappa shape index (κ3) is 5.20. The number of nitrogens with one attached hydrogen (secondary N) is 1. The van der Waals surface area contributed by atoms with Gasteiger partial charge in [0.15, 0.2) is 9.84 Å². The topological polar surface area (TPSA) is 63.2 Å². The van der Waals surface area contributed by atoms with Crippen LogP contribution in [0.3, 0.4) is 0 Å². The van der Waals surface area contributed by atoms with Gasteiger partial charge >= 0.3 is 0 Å². The maximum Gasteiger partial charge on any atom is 0.230 e. The van der Waals surface area contributed by atoms with Gasteiger partial charge in [-0.3, -0.25) is 4.79 Å². The van der Waals surface area contributed by atoms with E-state index >= 15 is 0 Å². The second-order valence-corrected chi connectivity index (χ2v) is 7.86. The van der Waals surface area contributed by atoms with E-state index in [2.05, 4.69) is 5.32 Å². The van der Waals surface area contributed by atoms with Crippen molar-refractivity contribution in [1.29, 1.82) is 0 Å². The highest BCUT2D eigenvalue weighted by atomic mass is 32.2. The summed E-state index contributed by atoms with van der Waals surface area (Å²) in [6, 6.07) is 16.2. The zero-order valence-corrected chi connectivity index (χ0v) is 13.8. The molecule has 0 aromatic heterocycles. The van der Waals surface area contributed by atoms with E-state index in [-0.39, 0.29) is 10.8 Å². The van der Waals surface area contributed by atoms with Crippen molar-refractivity contribution >= 4 is 27.5 Å². The molecule has 0 saturated heterocycles. The van der Waals surface area contributed by atoms with Gasteiger partial charge in [0, 0.05) is 17.7 Å². The first-order valence-electron chi connectivity index (χ1n) is 6.69. The van der Waals surface area contributed by atoms with Crippen LogP contribution in [0, 0.1) is 0 Å². The molecule has 2 aromatic carbocycles. The van der Waals surface area contributed by atoms with Gasteiger partial charge in [0.1, 0.15) is 0 Å². The Bertz CT molecular complexity index is 726. The Morgan fingerprint density at radius 1 is 1.05 bits per heavy atom. The molecule has 0 heterocycles. The summed E-state index contributed by atoms with van der Waals surface area (Å²) >= 11 is 1.38. The Morgan fingerprint density at radius 2 is 1.68 bits per heavy atom.